The summed E-state index contributed by atoms with van der Waals surface area (Å²) in [5.74, 6) is 0.887. The van der Waals surface area contributed by atoms with Crippen LogP contribution in [0.2, 0.25) is 0 Å². The minimum absolute atomic E-state index is 0.256. The van der Waals surface area contributed by atoms with Crippen molar-refractivity contribution in [2.45, 2.75) is 58.1 Å². The van der Waals surface area contributed by atoms with Gasteiger partial charge in [0.2, 0.25) is 5.72 Å². The maximum Gasteiger partial charge on any atom is 0.228 e. The highest BCUT2D eigenvalue weighted by Gasteiger charge is 2.58. The highest BCUT2D eigenvalue weighted by molar-refractivity contribution is 6.06. The molecule has 1 unspecified atom stereocenters. The maximum atomic E-state index is 7.06. The molecule has 170 valence electrons. The zero-order valence-corrected chi connectivity index (χ0v) is 20.4. The zero-order valence-electron chi connectivity index (χ0n) is 20.4. The molecule has 0 bridgehead atoms. The number of hydrogen-bond donors (Lipinski definition) is 0. The van der Waals surface area contributed by atoms with Crippen LogP contribution in [0, 0.1) is 13.8 Å². The molecule has 4 nitrogen and oxygen atoms in total. The second kappa shape index (κ2) is 6.99. The Bertz CT molecular complexity index is 1300. The van der Waals surface area contributed by atoms with Gasteiger partial charge < -0.3 is 14.5 Å². The Labute approximate surface area is 196 Å². The smallest absolute Gasteiger partial charge is 0.228 e. The Balaban J connectivity index is 1.53. The van der Waals surface area contributed by atoms with Gasteiger partial charge in [-0.25, -0.2) is 0 Å². The van der Waals surface area contributed by atoms with Crippen LogP contribution in [-0.4, -0.2) is 32.1 Å². The molecule has 0 saturated carbocycles. The summed E-state index contributed by atoms with van der Waals surface area (Å²) in [6.45, 7) is 11.2. The van der Waals surface area contributed by atoms with Crippen molar-refractivity contribution in [3.8, 4) is 5.75 Å². The van der Waals surface area contributed by atoms with E-state index in [-0.39, 0.29) is 5.41 Å². The number of benzene rings is 3. The third kappa shape index (κ3) is 2.73. The van der Waals surface area contributed by atoms with Crippen molar-refractivity contribution in [2.24, 2.45) is 4.99 Å². The summed E-state index contributed by atoms with van der Waals surface area (Å²) >= 11 is 0. The van der Waals surface area contributed by atoms with Crippen molar-refractivity contribution in [3.63, 3.8) is 0 Å². The van der Waals surface area contributed by atoms with Gasteiger partial charge in [-0.1, -0.05) is 30.3 Å². The SMILES string of the molecule is Cc1cc2c(cc1C)C(C)(C)C1(C=Nc3c(cc(N4CCCCC4)c4ccccc34)O1)N2C. The molecular formula is C29H33N3O. The van der Waals surface area contributed by atoms with Crippen LogP contribution in [-0.2, 0) is 5.41 Å². The first-order valence-corrected chi connectivity index (χ1v) is 12.2. The molecule has 1 fully saturated rings. The highest BCUT2D eigenvalue weighted by atomic mass is 16.5. The number of anilines is 2. The number of ether oxygens (including phenoxy) is 1. The molecule has 33 heavy (non-hydrogen) atoms. The fourth-order valence-electron chi connectivity index (χ4n) is 6.08. The largest absolute Gasteiger partial charge is 0.459 e. The van der Waals surface area contributed by atoms with Gasteiger partial charge in [-0.05, 0) is 69.7 Å². The molecule has 0 aromatic heterocycles. The molecule has 3 aromatic carbocycles. The molecule has 1 saturated heterocycles. The number of likely N-dealkylation sites (N-methyl/N-ethyl adjacent to an activating group) is 1. The van der Waals surface area contributed by atoms with Crippen molar-refractivity contribution < 1.29 is 4.74 Å². The summed E-state index contributed by atoms with van der Waals surface area (Å²) < 4.78 is 7.06. The van der Waals surface area contributed by atoms with Crippen LogP contribution < -0.4 is 14.5 Å². The summed E-state index contributed by atoms with van der Waals surface area (Å²) in [6.07, 6.45) is 5.86. The molecule has 0 aliphatic carbocycles. The number of hydrogen-bond acceptors (Lipinski definition) is 4. The minimum Gasteiger partial charge on any atom is -0.459 e. The molecule has 0 amide bonds. The van der Waals surface area contributed by atoms with Crippen LogP contribution in [0.15, 0.2) is 47.5 Å². The number of fused-ring (bicyclic) bond motifs is 4. The van der Waals surface area contributed by atoms with Crippen LogP contribution >= 0.6 is 0 Å². The lowest BCUT2D eigenvalue weighted by Crippen LogP contribution is -2.61. The lowest BCUT2D eigenvalue weighted by atomic mass is 9.77. The van der Waals surface area contributed by atoms with Gasteiger partial charge in [0.15, 0.2) is 5.75 Å². The van der Waals surface area contributed by atoms with Crippen LogP contribution in [0.25, 0.3) is 10.8 Å². The number of nitrogens with zero attached hydrogens (tertiary/aromatic N) is 3. The monoisotopic (exact) mass is 439 g/mol. The molecule has 1 spiro atoms. The van der Waals surface area contributed by atoms with E-state index in [0.29, 0.717) is 0 Å². The van der Waals surface area contributed by atoms with Crippen LogP contribution in [0.5, 0.6) is 5.75 Å². The van der Waals surface area contributed by atoms with E-state index in [9.17, 15) is 0 Å². The van der Waals surface area contributed by atoms with E-state index in [1.807, 2.05) is 6.21 Å². The summed E-state index contributed by atoms with van der Waals surface area (Å²) in [5, 5.41) is 2.44. The first kappa shape index (κ1) is 20.6. The zero-order chi connectivity index (χ0) is 23.0. The summed E-state index contributed by atoms with van der Waals surface area (Å²) in [7, 11) is 2.14. The lowest BCUT2D eigenvalue weighted by molar-refractivity contribution is 0.0827. The van der Waals surface area contributed by atoms with Crippen molar-refractivity contribution in [1.82, 2.24) is 0 Å². The van der Waals surface area contributed by atoms with Gasteiger partial charge in [0, 0.05) is 48.4 Å². The maximum absolute atomic E-state index is 7.06. The molecule has 3 aliphatic heterocycles. The first-order valence-electron chi connectivity index (χ1n) is 12.2. The van der Waals surface area contributed by atoms with Gasteiger partial charge in [-0.15, -0.1) is 0 Å². The molecule has 6 rings (SSSR count). The number of aliphatic imine (C=N–C) groups is 1. The van der Waals surface area contributed by atoms with Gasteiger partial charge in [-0.3, -0.25) is 4.99 Å². The predicted octanol–water partition coefficient (Wildman–Crippen LogP) is 6.67. The topological polar surface area (TPSA) is 28.1 Å². The Morgan fingerprint density at radius 1 is 0.879 bits per heavy atom. The van der Waals surface area contributed by atoms with Gasteiger partial charge in [0.25, 0.3) is 0 Å². The molecule has 0 N–H and O–H groups in total. The average Bonchev–Trinajstić information content (AvgIpc) is 2.97. The molecule has 0 radical (unpaired) electrons. The molecule has 1 atom stereocenters. The van der Waals surface area contributed by atoms with Crippen molar-refractivity contribution in [1.29, 1.82) is 0 Å². The Morgan fingerprint density at radius 3 is 2.33 bits per heavy atom. The Morgan fingerprint density at radius 2 is 1.58 bits per heavy atom. The van der Waals surface area contributed by atoms with Crippen LogP contribution in [0.1, 0.15) is 49.8 Å². The molecule has 4 heteroatoms. The first-order chi connectivity index (χ1) is 15.8. The fraction of sp³-hybridized carbons (Fsp3) is 0.414. The van der Waals surface area contributed by atoms with Gasteiger partial charge in [0.1, 0.15) is 5.69 Å². The Hall–Kier alpha value is -3.01. The van der Waals surface area contributed by atoms with E-state index < -0.39 is 5.72 Å². The van der Waals surface area contributed by atoms with Gasteiger partial charge >= 0.3 is 0 Å². The third-order valence-corrected chi connectivity index (χ3v) is 8.33. The lowest BCUT2D eigenvalue weighted by Gasteiger charge is -2.45. The molecular weight excluding hydrogens is 406 g/mol. The minimum atomic E-state index is -0.663. The summed E-state index contributed by atoms with van der Waals surface area (Å²) in [5.41, 5.74) is 6.48. The highest BCUT2D eigenvalue weighted by Crippen LogP contribution is 2.55. The third-order valence-electron chi connectivity index (χ3n) is 8.33. The summed E-state index contributed by atoms with van der Waals surface area (Å²) in [6, 6.07) is 15.5. The Kier molecular flexibility index (Phi) is 4.36. The van der Waals surface area contributed by atoms with Crippen molar-refractivity contribution >= 4 is 34.0 Å². The summed E-state index contributed by atoms with van der Waals surface area (Å²) in [4.78, 5) is 9.93. The van der Waals surface area contributed by atoms with Crippen molar-refractivity contribution in [2.75, 3.05) is 29.9 Å². The van der Waals surface area contributed by atoms with Crippen LogP contribution in [0.4, 0.5) is 17.1 Å². The number of aryl methyl sites for hydroxylation is 2. The van der Waals surface area contributed by atoms with E-state index in [2.05, 4.69) is 87.0 Å². The van der Waals surface area contributed by atoms with E-state index in [1.54, 1.807) is 0 Å². The quantitative estimate of drug-likeness (QED) is 0.424. The normalized spacial score (nSPS) is 23.1. The van der Waals surface area contributed by atoms with Crippen LogP contribution in [0.3, 0.4) is 0 Å². The fourth-order valence-corrected chi connectivity index (χ4v) is 6.08. The molecule has 3 aliphatic rings. The van der Waals surface area contributed by atoms with Gasteiger partial charge in [-0.2, -0.15) is 0 Å². The van der Waals surface area contributed by atoms with Gasteiger partial charge in [0.05, 0.1) is 11.6 Å². The average molecular weight is 440 g/mol. The second-order valence-corrected chi connectivity index (χ2v) is 10.5. The molecule has 3 aromatic rings. The van der Waals surface area contributed by atoms with E-state index in [0.717, 1.165) is 24.5 Å². The predicted molar refractivity (Wildman–Crippen MR) is 139 cm³/mol. The number of piperidine rings is 1. The van der Waals surface area contributed by atoms with Crippen molar-refractivity contribution in [3.05, 3.63) is 59.2 Å². The van der Waals surface area contributed by atoms with E-state index >= 15 is 0 Å². The molecule has 3 heterocycles. The second-order valence-electron chi connectivity index (χ2n) is 10.5. The van der Waals surface area contributed by atoms with E-state index in [4.69, 9.17) is 9.73 Å². The van der Waals surface area contributed by atoms with E-state index in [1.165, 1.54) is 58.1 Å². The number of rotatable bonds is 1. The standard InChI is InChI=1S/C29H33N3O/c1-19-15-23-25(16-20(19)2)31(5)29(28(23,3)4)18-30-27-22-12-8-7-11-21(22)24(17-26(27)33-29)32-13-9-6-10-14-32/h7-8,11-12,15-18H,6,9-10,13-14H2,1-5H3.